The Balaban J connectivity index is 2.43. The normalized spacial score (nSPS) is 12.4. The number of nitrogens with zero attached hydrogens (tertiary/aromatic N) is 1. The van der Waals surface area contributed by atoms with Crippen LogP contribution < -0.4 is 0 Å². The van der Waals surface area contributed by atoms with Crippen LogP contribution in [0.3, 0.4) is 0 Å². The van der Waals surface area contributed by atoms with E-state index in [2.05, 4.69) is 0 Å². The van der Waals surface area contributed by atoms with Crippen LogP contribution in [0.2, 0.25) is 0 Å². The van der Waals surface area contributed by atoms with Gasteiger partial charge in [0.2, 0.25) is 10.0 Å². The van der Waals surface area contributed by atoms with E-state index in [-0.39, 0.29) is 5.88 Å². The third-order valence-electron chi connectivity index (χ3n) is 3.16. The van der Waals surface area contributed by atoms with Gasteiger partial charge in [0.15, 0.2) is 0 Å². The van der Waals surface area contributed by atoms with E-state index in [9.17, 15) is 8.42 Å². The van der Waals surface area contributed by atoms with Crippen LogP contribution in [-0.4, -0.2) is 39.5 Å². The van der Waals surface area contributed by atoms with Gasteiger partial charge >= 0.3 is 0 Å². The number of sulfonamides is 1. The zero-order valence-corrected chi connectivity index (χ0v) is 14.4. The summed E-state index contributed by atoms with van der Waals surface area (Å²) in [5.41, 5.74) is 0. The Bertz CT molecular complexity index is 712. The van der Waals surface area contributed by atoms with Gasteiger partial charge in [0, 0.05) is 35.2 Å². The van der Waals surface area contributed by atoms with Crippen molar-refractivity contribution >= 4 is 43.0 Å². The lowest BCUT2D eigenvalue weighted by Crippen LogP contribution is -2.30. The van der Waals surface area contributed by atoms with Gasteiger partial charge in [-0.3, -0.25) is 0 Å². The molecule has 0 aliphatic rings. The quantitative estimate of drug-likeness (QED) is 0.570. The number of fused-ring (bicyclic) bond motifs is 1. The van der Waals surface area contributed by atoms with Crippen molar-refractivity contribution < 1.29 is 13.2 Å². The fraction of sp³-hybridized carbons (Fsp3) is 0.429. The number of likely N-dealkylation sites (N-methyl/N-ethyl adjacent to an activating group) is 1. The van der Waals surface area contributed by atoms with Crippen LogP contribution in [0.4, 0.5) is 0 Å². The summed E-state index contributed by atoms with van der Waals surface area (Å²) in [6.07, 6.45) is 0. The van der Waals surface area contributed by atoms with Gasteiger partial charge in [-0.2, -0.15) is 4.31 Å². The number of halogens is 1. The third kappa shape index (κ3) is 3.40. The maximum absolute atomic E-state index is 12.8. The highest BCUT2D eigenvalue weighted by molar-refractivity contribution is 7.89. The second kappa shape index (κ2) is 7.07. The second-order valence-electron chi connectivity index (χ2n) is 4.51. The van der Waals surface area contributed by atoms with E-state index in [4.69, 9.17) is 16.3 Å². The number of hydrogen-bond donors (Lipinski definition) is 0. The lowest BCUT2D eigenvalue weighted by atomic mass is 10.2. The first-order valence-corrected chi connectivity index (χ1v) is 9.42. The molecule has 0 spiro atoms. The molecule has 0 aliphatic carbocycles. The number of thiophene rings is 1. The van der Waals surface area contributed by atoms with E-state index in [1.54, 1.807) is 7.05 Å². The highest BCUT2D eigenvalue weighted by atomic mass is 35.5. The Hall–Kier alpha value is -0.660. The molecule has 7 heteroatoms. The fourth-order valence-electron chi connectivity index (χ4n) is 2.06. The molecule has 2 rings (SSSR count). The minimum Gasteiger partial charge on any atom is -0.380 e. The lowest BCUT2D eigenvalue weighted by molar-refractivity contribution is 0.138. The molecule has 1 aromatic heterocycles. The van der Waals surface area contributed by atoms with Gasteiger partial charge < -0.3 is 4.74 Å². The maximum Gasteiger partial charge on any atom is 0.244 e. The van der Waals surface area contributed by atoms with Crippen LogP contribution in [0.1, 0.15) is 11.8 Å². The van der Waals surface area contributed by atoms with Gasteiger partial charge in [0.05, 0.1) is 12.5 Å². The molecule has 1 aromatic carbocycles. The Morgan fingerprint density at radius 3 is 2.71 bits per heavy atom. The molecule has 0 unspecified atom stereocenters. The predicted molar refractivity (Wildman–Crippen MR) is 87.7 cm³/mol. The van der Waals surface area contributed by atoms with Crippen molar-refractivity contribution in [1.82, 2.24) is 4.31 Å². The summed E-state index contributed by atoms with van der Waals surface area (Å²) in [6.45, 7) is 3.15. The average Bonchev–Trinajstić information content (AvgIpc) is 2.86. The molecule has 0 aliphatic heterocycles. The van der Waals surface area contributed by atoms with Gasteiger partial charge in [0.25, 0.3) is 0 Å². The molecule has 0 radical (unpaired) electrons. The van der Waals surface area contributed by atoms with Crippen LogP contribution >= 0.6 is 22.9 Å². The van der Waals surface area contributed by atoms with E-state index >= 15 is 0 Å². The Kier molecular flexibility index (Phi) is 5.62. The van der Waals surface area contributed by atoms with E-state index in [0.717, 1.165) is 10.1 Å². The van der Waals surface area contributed by atoms with Crippen molar-refractivity contribution in [3.05, 3.63) is 29.1 Å². The minimum absolute atomic E-state index is 0.188. The molecule has 0 fully saturated rings. The number of benzene rings is 1. The first-order valence-electron chi connectivity index (χ1n) is 6.62. The highest BCUT2D eigenvalue weighted by Crippen LogP contribution is 2.36. The molecule has 1 heterocycles. The van der Waals surface area contributed by atoms with Crippen LogP contribution in [0.25, 0.3) is 10.1 Å². The molecule has 4 nitrogen and oxygen atoms in total. The Labute approximate surface area is 134 Å². The smallest absolute Gasteiger partial charge is 0.244 e. The van der Waals surface area contributed by atoms with Gasteiger partial charge in [-0.15, -0.1) is 22.9 Å². The largest absolute Gasteiger partial charge is 0.380 e. The summed E-state index contributed by atoms with van der Waals surface area (Å²) in [6, 6.07) is 7.47. The van der Waals surface area contributed by atoms with Gasteiger partial charge in [-0.05, 0) is 13.0 Å². The number of hydrogen-bond acceptors (Lipinski definition) is 4. The SMILES string of the molecule is CCOCCN(C)S(=O)(=O)c1c(CCl)sc2ccccc12. The predicted octanol–water partition coefficient (Wildman–Crippen LogP) is 3.30. The number of rotatable bonds is 7. The molecular weight excluding hydrogens is 330 g/mol. The van der Waals surface area contributed by atoms with Crippen molar-refractivity contribution in [3.8, 4) is 0 Å². The van der Waals surface area contributed by atoms with Crippen LogP contribution in [-0.2, 0) is 20.6 Å². The molecule has 0 saturated carbocycles. The molecular formula is C14H18ClNO3S2. The Morgan fingerprint density at radius 2 is 2.05 bits per heavy atom. The summed E-state index contributed by atoms with van der Waals surface area (Å²) in [4.78, 5) is 1.01. The molecule has 0 saturated heterocycles. The number of alkyl halides is 1. The third-order valence-corrected chi connectivity index (χ3v) is 6.87. The molecule has 0 amide bonds. The molecule has 0 bridgehead atoms. The second-order valence-corrected chi connectivity index (χ2v) is 7.89. The van der Waals surface area contributed by atoms with Gasteiger partial charge in [0.1, 0.15) is 4.90 Å². The highest BCUT2D eigenvalue weighted by Gasteiger charge is 2.27. The first-order chi connectivity index (χ1) is 10.0. The summed E-state index contributed by atoms with van der Waals surface area (Å²) >= 11 is 7.37. The Morgan fingerprint density at radius 1 is 1.33 bits per heavy atom. The summed E-state index contributed by atoms with van der Waals surface area (Å²) in [5.74, 6) is 0.188. The molecule has 0 atom stereocenters. The minimum atomic E-state index is -3.57. The average molecular weight is 348 g/mol. The fourth-order valence-corrected chi connectivity index (χ4v) is 5.33. The standard InChI is InChI=1S/C14H18ClNO3S2/c1-3-19-9-8-16(2)21(17,18)14-11-6-4-5-7-12(11)20-13(14)10-15/h4-7H,3,8-10H2,1-2H3. The maximum atomic E-state index is 12.8. The van der Waals surface area contributed by atoms with Gasteiger partial charge in [-0.1, -0.05) is 18.2 Å². The van der Waals surface area contributed by atoms with Crippen LogP contribution in [0.5, 0.6) is 0 Å². The zero-order chi connectivity index (χ0) is 15.5. The van der Waals surface area contributed by atoms with Crippen molar-refractivity contribution in [3.63, 3.8) is 0 Å². The summed E-state index contributed by atoms with van der Waals surface area (Å²) in [5, 5.41) is 0.737. The van der Waals surface area contributed by atoms with E-state index in [0.29, 0.717) is 29.5 Å². The lowest BCUT2D eigenvalue weighted by Gasteiger charge is -2.17. The topological polar surface area (TPSA) is 46.6 Å². The number of ether oxygens (including phenoxy) is 1. The molecule has 21 heavy (non-hydrogen) atoms. The van der Waals surface area contributed by atoms with Crippen molar-refractivity contribution in [2.45, 2.75) is 17.7 Å². The first kappa shape index (κ1) is 16.7. The van der Waals surface area contributed by atoms with Gasteiger partial charge in [-0.25, -0.2) is 8.42 Å². The van der Waals surface area contributed by atoms with Crippen molar-refractivity contribution in [2.75, 3.05) is 26.8 Å². The summed E-state index contributed by atoms with van der Waals surface area (Å²) < 4.78 is 33.1. The monoisotopic (exact) mass is 347 g/mol. The van der Waals surface area contributed by atoms with Crippen molar-refractivity contribution in [2.24, 2.45) is 0 Å². The van der Waals surface area contributed by atoms with Crippen LogP contribution in [0.15, 0.2) is 29.2 Å². The van der Waals surface area contributed by atoms with Crippen LogP contribution in [0, 0.1) is 0 Å². The summed E-state index contributed by atoms with van der Waals surface area (Å²) in [7, 11) is -2.00. The van der Waals surface area contributed by atoms with Crippen molar-refractivity contribution in [1.29, 1.82) is 0 Å². The van der Waals surface area contributed by atoms with E-state index in [1.807, 2.05) is 31.2 Å². The molecule has 116 valence electrons. The molecule has 0 N–H and O–H groups in total. The zero-order valence-electron chi connectivity index (χ0n) is 12.0. The van der Waals surface area contributed by atoms with E-state index < -0.39 is 10.0 Å². The van der Waals surface area contributed by atoms with E-state index in [1.165, 1.54) is 15.6 Å². The molecule has 2 aromatic rings.